The fraction of sp³-hybridized carbons (Fsp3) is 0.478. The molecule has 1 saturated carbocycles. The summed E-state index contributed by atoms with van der Waals surface area (Å²) < 4.78 is 0. The van der Waals surface area contributed by atoms with Crippen LogP contribution in [0.4, 0.5) is 0 Å². The van der Waals surface area contributed by atoms with E-state index in [4.69, 9.17) is 21.4 Å². The van der Waals surface area contributed by atoms with Gasteiger partial charge in [0.25, 0.3) is 0 Å². The summed E-state index contributed by atoms with van der Waals surface area (Å²) in [7, 11) is 0. The van der Waals surface area contributed by atoms with E-state index < -0.39 is 0 Å². The zero-order chi connectivity index (χ0) is 20.1. The molecule has 0 saturated heterocycles. The van der Waals surface area contributed by atoms with Crippen molar-refractivity contribution in [3.8, 4) is 0 Å². The second-order valence-electron chi connectivity index (χ2n) is 8.37. The second kappa shape index (κ2) is 9.03. The molecule has 2 aromatic heterocycles. The number of hydrogen-bond acceptors (Lipinski definition) is 5. The fourth-order valence-corrected chi connectivity index (χ4v) is 3.98. The van der Waals surface area contributed by atoms with Gasteiger partial charge in [0.15, 0.2) is 0 Å². The Morgan fingerprint density at radius 2 is 1.93 bits per heavy atom. The molecule has 1 aliphatic rings. The number of rotatable bonds is 11. The van der Waals surface area contributed by atoms with Crippen molar-refractivity contribution >= 4 is 11.0 Å². The van der Waals surface area contributed by atoms with E-state index in [2.05, 4.69) is 28.1 Å². The first-order valence-corrected chi connectivity index (χ1v) is 10.7. The van der Waals surface area contributed by atoms with E-state index >= 15 is 0 Å². The molecule has 0 bridgehead atoms. The predicted molar refractivity (Wildman–Crippen MR) is 117 cm³/mol. The largest absolute Gasteiger partial charge is 0.341 e. The number of nitrogens with one attached hydrogen (secondary N) is 1. The minimum atomic E-state index is 0.360. The van der Waals surface area contributed by atoms with Crippen LogP contribution in [0.3, 0.4) is 0 Å². The van der Waals surface area contributed by atoms with Crippen LogP contribution in [-0.4, -0.2) is 39.5 Å². The number of benzene rings is 1. The maximum absolute atomic E-state index is 6.03. The van der Waals surface area contributed by atoms with Crippen LogP contribution < -0.4 is 11.5 Å². The zero-order valence-electron chi connectivity index (χ0n) is 17.1. The topological polar surface area (TPSA) is 96.8 Å². The summed E-state index contributed by atoms with van der Waals surface area (Å²) in [5.41, 5.74) is 16.7. The second-order valence-corrected chi connectivity index (χ2v) is 8.37. The highest BCUT2D eigenvalue weighted by atomic mass is 15.2. The molecule has 0 unspecified atom stereocenters. The Hall–Kier alpha value is -2.28. The predicted octanol–water partition coefficient (Wildman–Crippen LogP) is 2.98. The standard InChI is InChI=1S/C23H32N6/c24-12-3-5-18-6-4-13-26-21(18)15-29(14-11-23(17-25)9-10-23)16-22-27-19-7-1-2-8-20(19)28-22/h1-2,4,6-8,13H,3,5,9-12,14-17,24-25H2,(H,27,28). The summed E-state index contributed by atoms with van der Waals surface area (Å²) in [5.74, 6) is 1.00. The van der Waals surface area contributed by atoms with Gasteiger partial charge in [0.1, 0.15) is 5.82 Å². The maximum Gasteiger partial charge on any atom is 0.121 e. The molecule has 0 aliphatic heterocycles. The number of H-pyrrole nitrogens is 1. The van der Waals surface area contributed by atoms with Crippen LogP contribution in [0.2, 0.25) is 0 Å². The number of imidazole rings is 1. The number of aromatic amines is 1. The van der Waals surface area contributed by atoms with Gasteiger partial charge in [-0.15, -0.1) is 0 Å². The molecule has 1 fully saturated rings. The Morgan fingerprint density at radius 1 is 1.07 bits per heavy atom. The molecule has 6 heteroatoms. The third kappa shape index (κ3) is 5.01. The number of fused-ring (bicyclic) bond motifs is 1. The number of nitrogens with zero attached hydrogens (tertiary/aromatic N) is 3. The fourth-order valence-electron chi connectivity index (χ4n) is 3.98. The smallest absolute Gasteiger partial charge is 0.121 e. The van der Waals surface area contributed by atoms with E-state index in [1.54, 1.807) is 0 Å². The Morgan fingerprint density at radius 3 is 2.69 bits per heavy atom. The highest BCUT2D eigenvalue weighted by molar-refractivity contribution is 5.74. The molecule has 29 heavy (non-hydrogen) atoms. The Kier molecular flexibility index (Phi) is 6.23. The minimum absolute atomic E-state index is 0.360. The van der Waals surface area contributed by atoms with E-state index in [0.29, 0.717) is 12.0 Å². The monoisotopic (exact) mass is 392 g/mol. The molecule has 154 valence electrons. The van der Waals surface area contributed by atoms with E-state index in [-0.39, 0.29) is 0 Å². The van der Waals surface area contributed by atoms with Crippen LogP contribution in [-0.2, 0) is 19.5 Å². The lowest BCUT2D eigenvalue weighted by atomic mass is 10.0. The van der Waals surface area contributed by atoms with Crippen molar-refractivity contribution in [1.29, 1.82) is 0 Å². The van der Waals surface area contributed by atoms with Gasteiger partial charge in [0.05, 0.1) is 23.3 Å². The summed E-state index contributed by atoms with van der Waals surface area (Å²) >= 11 is 0. The molecule has 4 rings (SSSR count). The lowest BCUT2D eigenvalue weighted by Gasteiger charge is -2.24. The van der Waals surface area contributed by atoms with Crippen LogP contribution >= 0.6 is 0 Å². The zero-order valence-corrected chi connectivity index (χ0v) is 17.1. The molecule has 0 atom stereocenters. The normalized spacial score (nSPS) is 15.3. The van der Waals surface area contributed by atoms with Crippen molar-refractivity contribution in [2.75, 3.05) is 19.6 Å². The molecule has 0 radical (unpaired) electrons. The van der Waals surface area contributed by atoms with Gasteiger partial charge in [-0.2, -0.15) is 0 Å². The minimum Gasteiger partial charge on any atom is -0.341 e. The molecule has 0 amide bonds. The first-order chi connectivity index (χ1) is 14.2. The number of hydrogen-bond donors (Lipinski definition) is 3. The summed E-state index contributed by atoms with van der Waals surface area (Å²) in [4.78, 5) is 15.4. The molecule has 6 nitrogen and oxygen atoms in total. The van der Waals surface area contributed by atoms with Crippen molar-refractivity contribution in [3.63, 3.8) is 0 Å². The van der Waals surface area contributed by atoms with E-state index in [1.807, 2.05) is 24.4 Å². The van der Waals surface area contributed by atoms with Gasteiger partial charge >= 0.3 is 0 Å². The Labute approximate surface area is 172 Å². The van der Waals surface area contributed by atoms with E-state index in [1.165, 1.54) is 18.4 Å². The lowest BCUT2D eigenvalue weighted by Crippen LogP contribution is -2.29. The van der Waals surface area contributed by atoms with Crippen LogP contribution in [0.15, 0.2) is 42.6 Å². The summed E-state index contributed by atoms with van der Waals surface area (Å²) in [5, 5.41) is 0. The van der Waals surface area contributed by atoms with Gasteiger partial charge in [-0.05, 0) is 80.9 Å². The Bertz CT molecular complexity index is 897. The van der Waals surface area contributed by atoms with E-state index in [9.17, 15) is 0 Å². The summed E-state index contributed by atoms with van der Waals surface area (Å²) in [6.07, 6.45) is 7.50. The maximum atomic E-state index is 6.03. The lowest BCUT2D eigenvalue weighted by molar-refractivity contribution is 0.223. The highest BCUT2D eigenvalue weighted by Crippen LogP contribution is 2.47. The first-order valence-electron chi connectivity index (χ1n) is 10.7. The van der Waals surface area contributed by atoms with Crippen molar-refractivity contribution < 1.29 is 0 Å². The quantitative estimate of drug-likeness (QED) is 0.466. The third-order valence-electron chi connectivity index (χ3n) is 6.17. The van der Waals surface area contributed by atoms with E-state index in [0.717, 1.165) is 68.0 Å². The first kappa shape index (κ1) is 20.0. The average Bonchev–Trinajstić information content (AvgIpc) is 3.42. The van der Waals surface area contributed by atoms with Crippen LogP contribution in [0.1, 0.15) is 42.8 Å². The number of aryl methyl sites for hydroxylation is 1. The van der Waals surface area contributed by atoms with Crippen molar-refractivity contribution in [2.45, 2.75) is 45.2 Å². The van der Waals surface area contributed by atoms with Gasteiger partial charge in [0.2, 0.25) is 0 Å². The average molecular weight is 393 g/mol. The molecule has 2 heterocycles. The SMILES string of the molecule is NCCCc1cccnc1CN(CCC1(CN)CC1)Cc1nc2ccccc2[nH]1. The van der Waals surface area contributed by atoms with Gasteiger partial charge in [0, 0.05) is 12.7 Å². The Balaban J connectivity index is 1.51. The number of pyridine rings is 1. The number of aromatic nitrogens is 3. The summed E-state index contributed by atoms with van der Waals surface area (Å²) in [6.45, 7) is 4.09. The third-order valence-corrected chi connectivity index (χ3v) is 6.17. The van der Waals surface area contributed by atoms with Gasteiger partial charge in [-0.3, -0.25) is 9.88 Å². The van der Waals surface area contributed by atoms with Crippen LogP contribution in [0, 0.1) is 5.41 Å². The number of nitrogens with two attached hydrogens (primary N) is 2. The molecule has 5 N–H and O–H groups in total. The molecule has 3 aromatic rings. The van der Waals surface area contributed by atoms with Crippen LogP contribution in [0.5, 0.6) is 0 Å². The molecule has 1 aromatic carbocycles. The molecule has 1 aliphatic carbocycles. The van der Waals surface area contributed by atoms with Crippen molar-refractivity contribution in [2.24, 2.45) is 16.9 Å². The van der Waals surface area contributed by atoms with Crippen molar-refractivity contribution in [3.05, 3.63) is 59.7 Å². The molecular weight excluding hydrogens is 360 g/mol. The highest BCUT2D eigenvalue weighted by Gasteiger charge is 2.40. The number of para-hydroxylation sites is 2. The van der Waals surface area contributed by atoms with Gasteiger partial charge in [-0.1, -0.05) is 18.2 Å². The van der Waals surface area contributed by atoms with Gasteiger partial charge < -0.3 is 16.5 Å². The molecular formula is C23H32N6. The van der Waals surface area contributed by atoms with Crippen molar-refractivity contribution in [1.82, 2.24) is 19.9 Å². The summed E-state index contributed by atoms with van der Waals surface area (Å²) in [6, 6.07) is 12.4. The van der Waals surface area contributed by atoms with Crippen LogP contribution in [0.25, 0.3) is 11.0 Å². The van der Waals surface area contributed by atoms with Gasteiger partial charge in [-0.25, -0.2) is 4.98 Å². The molecule has 0 spiro atoms.